The average molecular weight is 443 g/mol. The van der Waals surface area contributed by atoms with Crippen molar-refractivity contribution in [1.29, 1.82) is 0 Å². The highest BCUT2D eigenvalue weighted by atomic mass is 32.2. The molecule has 4 rings (SSSR count). The van der Waals surface area contributed by atoms with Gasteiger partial charge in [-0.1, -0.05) is 43.5 Å². The Kier molecular flexibility index (Phi) is 7.05. The molecule has 1 aliphatic heterocycles. The Balaban J connectivity index is 1.33. The first kappa shape index (κ1) is 22.0. The SMILES string of the molecule is O=C(NCc1ccc(S(=O)(=O)N2CCOCC2)cc1)c1ccc(C2CCCCC2)cc1. The highest BCUT2D eigenvalue weighted by molar-refractivity contribution is 7.89. The van der Waals surface area contributed by atoms with Gasteiger partial charge in [0.15, 0.2) is 0 Å². The number of ether oxygens (including phenoxy) is 1. The third-order valence-electron chi connectivity index (χ3n) is 6.23. The fourth-order valence-corrected chi connectivity index (χ4v) is 5.75. The van der Waals surface area contributed by atoms with Crippen LogP contribution >= 0.6 is 0 Å². The summed E-state index contributed by atoms with van der Waals surface area (Å²) >= 11 is 0. The molecule has 0 aromatic heterocycles. The molecule has 2 aliphatic rings. The minimum Gasteiger partial charge on any atom is -0.379 e. The van der Waals surface area contributed by atoms with Crippen molar-refractivity contribution in [2.24, 2.45) is 0 Å². The summed E-state index contributed by atoms with van der Waals surface area (Å²) in [6.45, 7) is 1.94. The zero-order valence-electron chi connectivity index (χ0n) is 17.8. The maximum absolute atomic E-state index is 12.7. The van der Waals surface area contributed by atoms with Gasteiger partial charge in [0.2, 0.25) is 10.0 Å². The fourth-order valence-electron chi connectivity index (χ4n) is 4.34. The predicted molar refractivity (Wildman–Crippen MR) is 119 cm³/mol. The maximum Gasteiger partial charge on any atom is 0.251 e. The van der Waals surface area contributed by atoms with Crippen LogP contribution in [0.4, 0.5) is 0 Å². The molecule has 0 unspecified atom stereocenters. The molecule has 1 aliphatic carbocycles. The van der Waals surface area contributed by atoms with E-state index >= 15 is 0 Å². The maximum atomic E-state index is 12.7. The number of nitrogens with one attached hydrogen (secondary N) is 1. The van der Waals surface area contributed by atoms with Gasteiger partial charge in [0, 0.05) is 25.2 Å². The highest BCUT2D eigenvalue weighted by Crippen LogP contribution is 2.32. The number of carbonyl (C=O) groups is 1. The number of hydrogen-bond acceptors (Lipinski definition) is 4. The van der Waals surface area contributed by atoms with Gasteiger partial charge in [0.05, 0.1) is 18.1 Å². The van der Waals surface area contributed by atoms with Crippen molar-refractivity contribution in [3.05, 3.63) is 65.2 Å². The van der Waals surface area contributed by atoms with Gasteiger partial charge < -0.3 is 10.1 Å². The smallest absolute Gasteiger partial charge is 0.251 e. The molecule has 1 saturated heterocycles. The van der Waals surface area contributed by atoms with Crippen LogP contribution in [-0.2, 0) is 21.3 Å². The van der Waals surface area contributed by atoms with Gasteiger partial charge in [0.1, 0.15) is 0 Å². The molecule has 1 saturated carbocycles. The minimum atomic E-state index is -3.50. The third kappa shape index (κ3) is 5.34. The summed E-state index contributed by atoms with van der Waals surface area (Å²) in [6, 6.07) is 14.7. The van der Waals surface area contributed by atoms with E-state index < -0.39 is 10.0 Å². The number of nitrogens with zero attached hydrogens (tertiary/aromatic N) is 1. The molecule has 1 N–H and O–H groups in total. The minimum absolute atomic E-state index is 0.125. The molecule has 31 heavy (non-hydrogen) atoms. The Morgan fingerprint density at radius 3 is 2.23 bits per heavy atom. The first-order chi connectivity index (χ1) is 15.0. The summed E-state index contributed by atoms with van der Waals surface area (Å²) in [4.78, 5) is 12.8. The van der Waals surface area contributed by atoms with Crippen LogP contribution in [0.3, 0.4) is 0 Å². The van der Waals surface area contributed by atoms with E-state index in [2.05, 4.69) is 17.4 Å². The number of hydrogen-bond donors (Lipinski definition) is 1. The van der Waals surface area contributed by atoms with Crippen molar-refractivity contribution in [2.75, 3.05) is 26.3 Å². The lowest BCUT2D eigenvalue weighted by molar-refractivity contribution is 0.0730. The number of morpholine rings is 1. The Hall–Kier alpha value is -2.22. The lowest BCUT2D eigenvalue weighted by Gasteiger charge is -2.26. The third-order valence-corrected chi connectivity index (χ3v) is 8.15. The summed E-state index contributed by atoms with van der Waals surface area (Å²) in [5.41, 5.74) is 2.83. The van der Waals surface area contributed by atoms with Crippen molar-refractivity contribution in [1.82, 2.24) is 9.62 Å². The molecule has 7 heteroatoms. The van der Waals surface area contributed by atoms with Crippen LogP contribution in [0.1, 0.15) is 59.5 Å². The standard InChI is InChI=1S/C24H30N2O4S/c27-24(22-10-8-21(9-11-22)20-4-2-1-3-5-20)25-18-19-6-12-23(13-7-19)31(28,29)26-14-16-30-17-15-26/h6-13,20H,1-5,14-18H2,(H,25,27). The zero-order valence-corrected chi connectivity index (χ0v) is 18.6. The molecule has 0 atom stereocenters. The van der Waals surface area contributed by atoms with Gasteiger partial charge >= 0.3 is 0 Å². The van der Waals surface area contributed by atoms with Crippen molar-refractivity contribution in [3.8, 4) is 0 Å². The number of carbonyl (C=O) groups excluding carboxylic acids is 1. The monoisotopic (exact) mass is 442 g/mol. The second-order valence-corrected chi connectivity index (χ2v) is 10.2. The summed E-state index contributed by atoms with van der Waals surface area (Å²) in [5.74, 6) is 0.498. The molecule has 2 aromatic carbocycles. The molecule has 0 radical (unpaired) electrons. The first-order valence-corrected chi connectivity index (χ1v) is 12.5. The van der Waals surface area contributed by atoms with Crippen molar-refractivity contribution in [2.45, 2.75) is 49.5 Å². The molecule has 0 spiro atoms. The number of sulfonamides is 1. The fraction of sp³-hybridized carbons (Fsp3) is 0.458. The highest BCUT2D eigenvalue weighted by Gasteiger charge is 2.26. The van der Waals surface area contributed by atoms with Crippen molar-refractivity contribution in [3.63, 3.8) is 0 Å². The zero-order chi connectivity index (χ0) is 21.7. The van der Waals surface area contributed by atoms with Gasteiger partial charge in [-0.25, -0.2) is 8.42 Å². The van der Waals surface area contributed by atoms with E-state index in [9.17, 15) is 13.2 Å². The van der Waals surface area contributed by atoms with E-state index in [-0.39, 0.29) is 10.8 Å². The van der Waals surface area contributed by atoms with E-state index in [1.807, 2.05) is 12.1 Å². The molecular weight excluding hydrogens is 412 g/mol. The van der Waals surface area contributed by atoms with Crippen molar-refractivity contribution < 1.29 is 17.9 Å². The van der Waals surface area contributed by atoms with Gasteiger partial charge in [-0.05, 0) is 54.2 Å². The topological polar surface area (TPSA) is 75.7 Å². The van der Waals surface area contributed by atoms with Gasteiger partial charge in [-0.15, -0.1) is 0 Å². The van der Waals surface area contributed by atoms with Crippen LogP contribution in [0.5, 0.6) is 0 Å². The lowest BCUT2D eigenvalue weighted by atomic mass is 9.84. The molecule has 166 valence electrons. The van der Waals surface area contributed by atoms with Crippen LogP contribution in [0.2, 0.25) is 0 Å². The van der Waals surface area contributed by atoms with Crippen molar-refractivity contribution >= 4 is 15.9 Å². The second kappa shape index (κ2) is 9.94. The van der Waals surface area contributed by atoms with Gasteiger partial charge in [-0.3, -0.25) is 4.79 Å². The van der Waals surface area contributed by atoms with Gasteiger partial charge in [0.25, 0.3) is 5.91 Å². The quantitative estimate of drug-likeness (QED) is 0.740. The Morgan fingerprint density at radius 1 is 0.935 bits per heavy atom. The Labute approximate surface area is 184 Å². The normalized spacial score (nSPS) is 18.6. The lowest BCUT2D eigenvalue weighted by Crippen LogP contribution is -2.40. The second-order valence-electron chi connectivity index (χ2n) is 8.30. The Bertz CT molecular complexity index is 975. The van der Waals surface area contributed by atoms with Crippen LogP contribution in [0.15, 0.2) is 53.4 Å². The van der Waals surface area contributed by atoms with Crippen LogP contribution in [0, 0.1) is 0 Å². The summed E-state index contributed by atoms with van der Waals surface area (Å²) < 4.78 is 32.1. The van der Waals surface area contributed by atoms with E-state index in [1.54, 1.807) is 24.3 Å². The number of rotatable bonds is 6. The van der Waals surface area contributed by atoms with E-state index in [1.165, 1.54) is 42.0 Å². The summed E-state index contributed by atoms with van der Waals surface area (Å²) in [7, 11) is -3.50. The van der Waals surface area contributed by atoms with Crippen LogP contribution in [-0.4, -0.2) is 44.9 Å². The van der Waals surface area contributed by atoms with Gasteiger partial charge in [-0.2, -0.15) is 4.31 Å². The molecule has 0 bridgehead atoms. The molecule has 1 amide bonds. The molecule has 1 heterocycles. The van der Waals surface area contributed by atoms with Crippen LogP contribution in [0.25, 0.3) is 0 Å². The number of benzene rings is 2. The van der Waals surface area contributed by atoms with Crippen LogP contribution < -0.4 is 5.32 Å². The van der Waals surface area contributed by atoms with E-state index in [4.69, 9.17) is 4.74 Å². The molecule has 6 nitrogen and oxygen atoms in total. The first-order valence-electron chi connectivity index (χ1n) is 11.1. The summed E-state index contributed by atoms with van der Waals surface area (Å²) in [6.07, 6.45) is 6.39. The largest absolute Gasteiger partial charge is 0.379 e. The molecule has 2 fully saturated rings. The van der Waals surface area contributed by atoms with E-state index in [0.29, 0.717) is 44.3 Å². The average Bonchev–Trinajstić information content (AvgIpc) is 2.84. The molecular formula is C24H30N2O4S. The predicted octanol–water partition coefficient (Wildman–Crippen LogP) is 3.69. The number of amides is 1. The summed E-state index contributed by atoms with van der Waals surface area (Å²) in [5, 5.41) is 2.92. The molecule has 2 aromatic rings. The van der Waals surface area contributed by atoms with E-state index in [0.717, 1.165) is 5.56 Å². The Morgan fingerprint density at radius 2 is 1.58 bits per heavy atom.